The Morgan fingerprint density at radius 1 is 1.38 bits per heavy atom. The summed E-state index contributed by atoms with van der Waals surface area (Å²) >= 11 is 5.00. The molecule has 16 heavy (non-hydrogen) atoms. The summed E-state index contributed by atoms with van der Waals surface area (Å²) in [5.41, 5.74) is 1.38. The summed E-state index contributed by atoms with van der Waals surface area (Å²) in [4.78, 5) is 11.5. The molecule has 0 amide bonds. The second-order valence-corrected chi connectivity index (χ2v) is 3.74. The van der Waals surface area contributed by atoms with Crippen molar-refractivity contribution in [2.24, 2.45) is 0 Å². The zero-order valence-electron chi connectivity index (χ0n) is 8.90. The SMILES string of the molecule is COc1ccc(-n2c(=O)[nH][nH]c2=S)cc1C. The van der Waals surface area contributed by atoms with Crippen LogP contribution in [0.25, 0.3) is 5.69 Å². The lowest BCUT2D eigenvalue weighted by molar-refractivity contribution is 0.411. The van der Waals surface area contributed by atoms with E-state index in [9.17, 15) is 4.79 Å². The lowest BCUT2D eigenvalue weighted by Gasteiger charge is -2.06. The number of nitrogens with one attached hydrogen (secondary N) is 2. The van der Waals surface area contributed by atoms with Gasteiger partial charge in [-0.2, -0.15) is 0 Å². The fourth-order valence-corrected chi connectivity index (χ4v) is 1.79. The van der Waals surface area contributed by atoms with Crippen LogP contribution in [0.1, 0.15) is 5.56 Å². The molecule has 1 aromatic carbocycles. The number of aromatic amines is 2. The molecule has 2 aromatic rings. The molecule has 0 saturated carbocycles. The minimum atomic E-state index is -0.283. The Labute approximate surface area is 96.7 Å². The first-order valence-electron chi connectivity index (χ1n) is 4.68. The van der Waals surface area contributed by atoms with Crippen molar-refractivity contribution in [2.75, 3.05) is 7.11 Å². The van der Waals surface area contributed by atoms with Crippen LogP contribution in [0.15, 0.2) is 23.0 Å². The van der Waals surface area contributed by atoms with E-state index in [1.807, 2.05) is 13.0 Å². The zero-order valence-corrected chi connectivity index (χ0v) is 9.72. The second-order valence-electron chi connectivity index (χ2n) is 3.35. The fraction of sp³-hybridized carbons (Fsp3) is 0.200. The molecule has 0 unspecified atom stereocenters. The van der Waals surface area contributed by atoms with Crippen molar-refractivity contribution < 1.29 is 4.74 Å². The molecule has 0 bridgehead atoms. The lowest BCUT2D eigenvalue weighted by atomic mass is 10.2. The Hall–Kier alpha value is -1.82. The molecule has 0 aliphatic carbocycles. The van der Waals surface area contributed by atoms with E-state index in [0.717, 1.165) is 11.3 Å². The number of rotatable bonds is 2. The van der Waals surface area contributed by atoms with Crippen molar-refractivity contribution in [1.29, 1.82) is 0 Å². The van der Waals surface area contributed by atoms with E-state index >= 15 is 0 Å². The van der Waals surface area contributed by atoms with Gasteiger partial charge in [0.2, 0.25) is 4.77 Å². The van der Waals surface area contributed by atoms with Crippen LogP contribution in [-0.4, -0.2) is 21.9 Å². The van der Waals surface area contributed by atoms with Crippen molar-refractivity contribution in [3.8, 4) is 11.4 Å². The third kappa shape index (κ3) is 1.67. The number of H-pyrrole nitrogens is 2. The molecule has 0 fully saturated rings. The third-order valence-electron chi connectivity index (χ3n) is 2.32. The molecule has 6 heteroatoms. The van der Waals surface area contributed by atoms with Gasteiger partial charge in [0.15, 0.2) is 0 Å². The van der Waals surface area contributed by atoms with Gasteiger partial charge in [-0.1, -0.05) is 0 Å². The molecule has 0 radical (unpaired) electrons. The molecule has 0 spiro atoms. The number of methoxy groups -OCH3 is 1. The number of ether oxygens (including phenoxy) is 1. The van der Waals surface area contributed by atoms with E-state index in [1.54, 1.807) is 19.2 Å². The normalized spacial score (nSPS) is 10.4. The molecule has 84 valence electrons. The maximum Gasteiger partial charge on any atom is 0.347 e. The Morgan fingerprint density at radius 2 is 2.12 bits per heavy atom. The standard InChI is InChI=1S/C10H11N3O2S/c1-6-5-7(3-4-8(6)15-2)13-9(14)11-12-10(13)16/h3-5H,1-2H3,(H,11,14)(H,12,16). The first-order chi connectivity index (χ1) is 7.63. The van der Waals surface area contributed by atoms with Crippen LogP contribution in [-0.2, 0) is 0 Å². The van der Waals surface area contributed by atoms with Gasteiger partial charge in [-0.15, -0.1) is 0 Å². The highest BCUT2D eigenvalue weighted by Gasteiger charge is 2.05. The minimum Gasteiger partial charge on any atom is -0.496 e. The van der Waals surface area contributed by atoms with Gasteiger partial charge in [0.25, 0.3) is 0 Å². The summed E-state index contributed by atoms with van der Waals surface area (Å²) < 4.78 is 6.88. The van der Waals surface area contributed by atoms with Gasteiger partial charge in [0.1, 0.15) is 5.75 Å². The van der Waals surface area contributed by atoms with E-state index < -0.39 is 0 Å². The molecule has 1 heterocycles. The summed E-state index contributed by atoms with van der Waals surface area (Å²) in [6.45, 7) is 1.91. The number of hydrogen-bond acceptors (Lipinski definition) is 3. The summed E-state index contributed by atoms with van der Waals surface area (Å²) in [5.74, 6) is 0.780. The predicted octanol–water partition coefficient (Wildman–Crippen LogP) is 1.54. The summed E-state index contributed by atoms with van der Waals surface area (Å²) in [5, 5.41) is 5.02. The van der Waals surface area contributed by atoms with Gasteiger partial charge in [0.05, 0.1) is 12.8 Å². The van der Waals surface area contributed by atoms with Gasteiger partial charge in [-0.3, -0.25) is 5.10 Å². The van der Waals surface area contributed by atoms with Crippen LogP contribution in [0.3, 0.4) is 0 Å². The van der Waals surface area contributed by atoms with Gasteiger partial charge in [-0.05, 0) is 42.9 Å². The molecular formula is C10H11N3O2S. The van der Waals surface area contributed by atoms with Crippen molar-refractivity contribution in [3.63, 3.8) is 0 Å². The molecule has 2 N–H and O–H groups in total. The molecule has 0 saturated heterocycles. The molecule has 5 nitrogen and oxygen atoms in total. The van der Waals surface area contributed by atoms with Crippen molar-refractivity contribution in [1.82, 2.24) is 14.8 Å². The average Bonchev–Trinajstić information content (AvgIpc) is 2.58. The molecular weight excluding hydrogens is 226 g/mol. The molecule has 0 aliphatic heterocycles. The van der Waals surface area contributed by atoms with Crippen LogP contribution in [0.5, 0.6) is 5.75 Å². The quantitative estimate of drug-likeness (QED) is 0.779. The van der Waals surface area contributed by atoms with Crippen LogP contribution < -0.4 is 10.4 Å². The smallest absolute Gasteiger partial charge is 0.347 e. The van der Waals surface area contributed by atoms with Gasteiger partial charge in [-0.25, -0.2) is 14.5 Å². The first-order valence-corrected chi connectivity index (χ1v) is 5.09. The second kappa shape index (κ2) is 3.97. The van der Waals surface area contributed by atoms with E-state index in [0.29, 0.717) is 10.5 Å². The van der Waals surface area contributed by atoms with E-state index in [-0.39, 0.29) is 5.69 Å². The Balaban J connectivity index is 2.62. The summed E-state index contributed by atoms with van der Waals surface area (Å²) in [7, 11) is 1.61. The van der Waals surface area contributed by atoms with Gasteiger partial charge in [0, 0.05) is 0 Å². The molecule has 0 aliphatic rings. The highest BCUT2D eigenvalue weighted by molar-refractivity contribution is 7.71. The zero-order chi connectivity index (χ0) is 11.7. The maximum absolute atomic E-state index is 11.5. The number of aromatic nitrogens is 3. The topological polar surface area (TPSA) is 62.8 Å². The highest BCUT2D eigenvalue weighted by atomic mass is 32.1. The van der Waals surface area contributed by atoms with Crippen LogP contribution in [0.2, 0.25) is 0 Å². The average molecular weight is 237 g/mol. The molecule has 1 aromatic heterocycles. The number of nitrogens with zero attached hydrogens (tertiary/aromatic N) is 1. The minimum absolute atomic E-state index is 0.283. The Morgan fingerprint density at radius 3 is 2.62 bits per heavy atom. The molecule has 2 rings (SSSR count). The van der Waals surface area contributed by atoms with Crippen LogP contribution in [0, 0.1) is 11.7 Å². The predicted molar refractivity (Wildman–Crippen MR) is 62.9 cm³/mol. The Kier molecular flexibility index (Phi) is 2.66. The lowest BCUT2D eigenvalue weighted by Crippen LogP contribution is -2.14. The first kappa shape index (κ1) is 10.7. The number of hydrogen-bond donors (Lipinski definition) is 2. The maximum atomic E-state index is 11.5. The van der Waals surface area contributed by atoms with Crippen molar-refractivity contribution in [2.45, 2.75) is 6.92 Å². The fourth-order valence-electron chi connectivity index (χ4n) is 1.55. The number of aryl methyl sites for hydroxylation is 1. The van der Waals surface area contributed by atoms with E-state index in [2.05, 4.69) is 10.2 Å². The molecule has 0 atom stereocenters. The van der Waals surface area contributed by atoms with Crippen molar-refractivity contribution in [3.05, 3.63) is 39.0 Å². The Bertz CT molecular complexity index is 596. The van der Waals surface area contributed by atoms with Gasteiger partial charge < -0.3 is 4.74 Å². The van der Waals surface area contributed by atoms with Crippen LogP contribution >= 0.6 is 12.2 Å². The largest absolute Gasteiger partial charge is 0.496 e. The highest BCUT2D eigenvalue weighted by Crippen LogP contribution is 2.19. The summed E-state index contributed by atoms with van der Waals surface area (Å²) in [6.07, 6.45) is 0. The van der Waals surface area contributed by atoms with Crippen molar-refractivity contribution >= 4 is 12.2 Å². The van der Waals surface area contributed by atoms with Crippen LogP contribution in [0.4, 0.5) is 0 Å². The monoisotopic (exact) mass is 237 g/mol. The number of benzene rings is 1. The van der Waals surface area contributed by atoms with E-state index in [1.165, 1.54) is 4.57 Å². The van der Waals surface area contributed by atoms with Gasteiger partial charge >= 0.3 is 5.69 Å². The summed E-state index contributed by atoms with van der Waals surface area (Å²) in [6, 6.07) is 5.43. The third-order valence-corrected chi connectivity index (χ3v) is 2.60. The van der Waals surface area contributed by atoms with E-state index in [4.69, 9.17) is 17.0 Å².